The van der Waals surface area contributed by atoms with Crippen molar-refractivity contribution in [2.24, 2.45) is 0 Å². The summed E-state index contributed by atoms with van der Waals surface area (Å²) in [5.74, 6) is 0.889. The summed E-state index contributed by atoms with van der Waals surface area (Å²) in [6.45, 7) is 2.09. The number of aryl methyl sites for hydroxylation is 1. The molecule has 0 radical (unpaired) electrons. The third-order valence-electron chi connectivity index (χ3n) is 2.83. The Hall–Kier alpha value is -0.800. The zero-order valence-electron chi connectivity index (χ0n) is 10.3. The van der Waals surface area contributed by atoms with Crippen LogP contribution in [0, 0.1) is 6.92 Å². The van der Waals surface area contributed by atoms with Crippen molar-refractivity contribution in [1.29, 1.82) is 0 Å². The van der Waals surface area contributed by atoms with Gasteiger partial charge in [-0.2, -0.15) is 0 Å². The molecule has 0 N–H and O–H groups in total. The fourth-order valence-electron chi connectivity index (χ4n) is 1.82. The molecule has 2 rings (SSSR count). The van der Waals surface area contributed by atoms with Crippen molar-refractivity contribution in [3.8, 4) is 5.75 Å². The van der Waals surface area contributed by atoms with Gasteiger partial charge in [-0.3, -0.25) is 0 Å². The Morgan fingerprint density at radius 2 is 1.72 bits per heavy atom. The summed E-state index contributed by atoms with van der Waals surface area (Å²) in [6, 6.07) is 14.5. The molecule has 0 fully saturated rings. The summed E-state index contributed by atoms with van der Waals surface area (Å²) < 4.78 is 6.47. The molecule has 0 aliphatic carbocycles. The smallest absolute Gasteiger partial charge is 0.123 e. The van der Waals surface area contributed by atoms with Crippen LogP contribution in [0.25, 0.3) is 0 Å². The monoisotopic (exact) mass is 368 g/mol. The van der Waals surface area contributed by atoms with Crippen LogP contribution in [0.15, 0.2) is 46.9 Å². The van der Waals surface area contributed by atoms with Crippen molar-refractivity contribution in [2.45, 2.75) is 11.8 Å². The van der Waals surface area contributed by atoms with E-state index in [0.29, 0.717) is 0 Å². The number of methoxy groups -OCH3 is 1. The second kappa shape index (κ2) is 5.89. The third-order valence-corrected chi connectivity index (χ3v) is 4.35. The van der Waals surface area contributed by atoms with E-state index < -0.39 is 0 Å². The average molecular weight is 370 g/mol. The van der Waals surface area contributed by atoms with Gasteiger partial charge in [0.15, 0.2) is 0 Å². The molecule has 1 unspecified atom stereocenters. The molecule has 18 heavy (non-hydrogen) atoms. The van der Waals surface area contributed by atoms with Crippen LogP contribution in [-0.4, -0.2) is 7.11 Å². The van der Waals surface area contributed by atoms with E-state index in [1.54, 1.807) is 7.11 Å². The van der Waals surface area contributed by atoms with Crippen molar-refractivity contribution in [3.05, 3.63) is 63.6 Å². The first-order valence-corrected chi connectivity index (χ1v) is 7.36. The van der Waals surface area contributed by atoms with E-state index in [0.717, 1.165) is 15.8 Å². The van der Waals surface area contributed by atoms with Gasteiger partial charge in [0, 0.05) is 10.0 Å². The number of rotatable bonds is 3. The van der Waals surface area contributed by atoms with E-state index in [2.05, 4.69) is 69.1 Å². The minimum Gasteiger partial charge on any atom is -0.496 e. The summed E-state index contributed by atoms with van der Waals surface area (Å²) in [6.07, 6.45) is 0. The number of hydrogen-bond donors (Lipinski definition) is 0. The van der Waals surface area contributed by atoms with Gasteiger partial charge in [-0.25, -0.2) is 0 Å². The summed E-state index contributed by atoms with van der Waals surface area (Å²) in [5.41, 5.74) is 3.60. The number of benzene rings is 2. The quantitative estimate of drug-likeness (QED) is 0.671. The molecule has 0 spiro atoms. The largest absolute Gasteiger partial charge is 0.496 e. The molecule has 1 nitrogen and oxygen atoms in total. The molecule has 0 bridgehead atoms. The molecule has 2 aromatic carbocycles. The lowest BCUT2D eigenvalue weighted by molar-refractivity contribution is 0.410. The van der Waals surface area contributed by atoms with Crippen LogP contribution in [0.1, 0.15) is 21.5 Å². The fourth-order valence-corrected chi connectivity index (χ4v) is 2.86. The van der Waals surface area contributed by atoms with Crippen LogP contribution < -0.4 is 4.74 Å². The van der Waals surface area contributed by atoms with Crippen LogP contribution in [0.5, 0.6) is 5.75 Å². The molecule has 0 heterocycles. The zero-order chi connectivity index (χ0) is 13.1. The molecule has 3 heteroatoms. The van der Waals surface area contributed by atoms with E-state index in [1.165, 1.54) is 11.1 Å². The third kappa shape index (κ3) is 2.96. The molecule has 0 aromatic heterocycles. The highest BCUT2D eigenvalue weighted by Crippen LogP contribution is 2.37. The first-order valence-electron chi connectivity index (χ1n) is 5.66. The van der Waals surface area contributed by atoms with E-state index in [-0.39, 0.29) is 4.83 Å². The second-order valence-electron chi connectivity index (χ2n) is 4.16. The van der Waals surface area contributed by atoms with E-state index >= 15 is 0 Å². The van der Waals surface area contributed by atoms with Crippen LogP contribution in [0.4, 0.5) is 0 Å². The standard InChI is InChI=1S/C15H14Br2O/c1-10-3-5-11(6-4-10)15(17)13-9-12(16)7-8-14(13)18-2/h3-9,15H,1-2H3. The Morgan fingerprint density at radius 3 is 2.33 bits per heavy atom. The molecule has 0 amide bonds. The van der Waals surface area contributed by atoms with Gasteiger partial charge in [0.2, 0.25) is 0 Å². The maximum absolute atomic E-state index is 5.42. The van der Waals surface area contributed by atoms with Crippen LogP contribution in [-0.2, 0) is 0 Å². The summed E-state index contributed by atoms with van der Waals surface area (Å²) in [7, 11) is 1.70. The Balaban J connectivity index is 2.41. The topological polar surface area (TPSA) is 9.23 Å². The highest BCUT2D eigenvalue weighted by molar-refractivity contribution is 9.10. The maximum atomic E-state index is 5.42. The Bertz CT molecular complexity index is 535. The number of ether oxygens (including phenoxy) is 1. The van der Waals surface area contributed by atoms with Gasteiger partial charge in [0.05, 0.1) is 11.9 Å². The van der Waals surface area contributed by atoms with E-state index in [1.807, 2.05) is 12.1 Å². The van der Waals surface area contributed by atoms with E-state index in [4.69, 9.17) is 4.74 Å². The molecule has 0 aliphatic rings. The number of hydrogen-bond acceptors (Lipinski definition) is 1. The number of alkyl halides is 1. The lowest BCUT2D eigenvalue weighted by atomic mass is 10.0. The maximum Gasteiger partial charge on any atom is 0.123 e. The van der Waals surface area contributed by atoms with Crippen LogP contribution in [0.2, 0.25) is 0 Å². The summed E-state index contributed by atoms with van der Waals surface area (Å²) in [5, 5.41) is 0. The highest BCUT2D eigenvalue weighted by atomic mass is 79.9. The Morgan fingerprint density at radius 1 is 1.06 bits per heavy atom. The Kier molecular flexibility index (Phi) is 4.46. The van der Waals surface area contributed by atoms with Gasteiger partial charge in [-0.1, -0.05) is 61.7 Å². The van der Waals surface area contributed by atoms with Crippen molar-refractivity contribution in [2.75, 3.05) is 7.11 Å². The first kappa shape index (κ1) is 13.6. The van der Waals surface area contributed by atoms with Crippen molar-refractivity contribution in [3.63, 3.8) is 0 Å². The molecule has 2 aromatic rings. The van der Waals surface area contributed by atoms with Crippen molar-refractivity contribution in [1.82, 2.24) is 0 Å². The minimum atomic E-state index is 0.130. The second-order valence-corrected chi connectivity index (χ2v) is 5.99. The van der Waals surface area contributed by atoms with Gasteiger partial charge in [-0.05, 0) is 30.7 Å². The average Bonchev–Trinajstić information content (AvgIpc) is 2.39. The first-order chi connectivity index (χ1) is 8.61. The molecule has 94 valence electrons. The van der Waals surface area contributed by atoms with Crippen LogP contribution >= 0.6 is 31.9 Å². The molecule has 1 atom stereocenters. The fraction of sp³-hybridized carbons (Fsp3) is 0.200. The lowest BCUT2D eigenvalue weighted by Crippen LogP contribution is -1.97. The highest BCUT2D eigenvalue weighted by Gasteiger charge is 2.15. The lowest BCUT2D eigenvalue weighted by Gasteiger charge is -2.15. The summed E-state index contributed by atoms with van der Waals surface area (Å²) >= 11 is 7.25. The molecule has 0 saturated heterocycles. The van der Waals surface area contributed by atoms with Gasteiger partial charge in [0.25, 0.3) is 0 Å². The van der Waals surface area contributed by atoms with Gasteiger partial charge >= 0.3 is 0 Å². The number of halogens is 2. The van der Waals surface area contributed by atoms with Crippen molar-refractivity contribution < 1.29 is 4.74 Å². The van der Waals surface area contributed by atoms with Crippen LogP contribution in [0.3, 0.4) is 0 Å². The van der Waals surface area contributed by atoms with Gasteiger partial charge in [-0.15, -0.1) is 0 Å². The Labute approximate surface area is 124 Å². The van der Waals surface area contributed by atoms with Gasteiger partial charge < -0.3 is 4.74 Å². The van der Waals surface area contributed by atoms with E-state index in [9.17, 15) is 0 Å². The molecular weight excluding hydrogens is 356 g/mol. The SMILES string of the molecule is COc1ccc(Br)cc1C(Br)c1ccc(C)cc1. The predicted molar refractivity (Wildman–Crippen MR) is 82.6 cm³/mol. The molecule has 0 saturated carbocycles. The predicted octanol–water partition coefficient (Wildman–Crippen LogP) is 5.25. The summed E-state index contributed by atoms with van der Waals surface area (Å²) in [4.78, 5) is 0.130. The zero-order valence-corrected chi connectivity index (χ0v) is 13.5. The molecule has 0 aliphatic heterocycles. The molecular formula is C15H14Br2O. The normalized spacial score (nSPS) is 12.2. The van der Waals surface area contributed by atoms with Gasteiger partial charge in [0.1, 0.15) is 5.75 Å². The van der Waals surface area contributed by atoms with Crippen molar-refractivity contribution >= 4 is 31.9 Å². The minimum absolute atomic E-state index is 0.130.